The van der Waals surface area contributed by atoms with Gasteiger partial charge in [-0.2, -0.15) is 0 Å². The Bertz CT molecular complexity index is 1060. The Hall–Kier alpha value is -1.53. The molecule has 0 atom stereocenters. The summed E-state index contributed by atoms with van der Waals surface area (Å²) in [5, 5.41) is 10.7. The molecule has 0 aliphatic rings. The van der Waals surface area contributed by atoms with Gasteiger partial charge in [0.1, 0.15) is 5.02 Å². The number of hydrogen-bond acceptors (Lipinski definition) is 6. The van der Waals surface area contributed by atoms with Gasteiger partial charge in [0.15, 0.2) is 0 Å². The Morgan fingerprint density at radius 1 is 1.04 bits per heavy atom. The number of sulfonamides is 2. The molecule has 0 N–H and O–H groups in total. The molecule has 0 fully saturated rings. The summed E-state index contributed by atoms with van der Waals surface area (Å²) in [4.78, 5) is 9.24. The SMILES string of the molecule is CN(S(=O)(=O)c1cccc(Br)c1)S(=O)(=O)c1ccc(Cl)c([N+](=O)[O-])c1. The van der Waals surface area contributed by atoms with Crippen LogP contribution < -0.4 is 0 Å². The molecule has 0 saturated carbocycles. The number of halogens is 2. The third-order valence-electron chi connectivity index (χ3n) is 3.18. The topological polar surface area (TPSA) is 115 Å². The minimum atomic E-state index is -4.56. The fourth-order valence-electron chi connectivity index (χ4n) is 1.85. The highest BCUT2D eigenvalue weighted by Crippen LogP contribution is 2.30. The highest BCUT2D eigenvalue weighted by molar-refractivity contribution is 9.10. The van der Waals surface area contributed by atoms with E-state index in [4.69, 9.17) is 11.6 Å². The molecule has 0 amide bonds. The number of hydrogen-bond donors (Lipinski definition) is 0. The molecular weight excluding hydrogens is 460 g/mol. The van der Waals surface area contributed by atoms with Gasteiger partial charge in [-0.15, -0.1) is 0 Å². The Morgan fingerprint density at radius 3 is 2.12 bits per heavy atom. The lowest BCUT2D eigenvalue weighted by Crippen LogP contribution is -2.33. The zero-order valence-corrected chi connectivity index (χ0v) is 16.4. The van der Waals surface area contributed by atoms with Crippen molar-refractivity contribution < 1.29 is 21.8 Å². The summed E-state index contributed by atoms with van der Waals surface area (Å²) < 4.78 is 50.9. The molecule has 0 aliphatic heterocycles. The zero-order valence-electron chi connectivity index (χ0n) is 12.5. The highest BCUT2D eigenvalue weighted by atomic mass is 79.9. The summed E-state index contributed by atoms with van der Waals surface area (Å²) in [5.74, 6) is 0. The minimum absolute atomic E-state index is 0.161. The van der Waals surface area contributed by atoms with Gasteiger partial charge in [-0.25, -0.2) is 16.8 Å². The summed E-state index contributed by atoms with van der Waals surface area (Å²) in [6.45, 7) is 0. The summed E-state index contributed by atoms with van der Waals surface area (Å²) in [5.41, 5.74) is -0.643. The van der Waals surface area contributed by atoms with E-state index < -0.39 is 35.6 Å². The standard InChI is InChI=1S/C13H10BrClN2O6S2/c1-16(24(20,21)10-4-2-3-9(14)7-10)25(22,23)11-5-6-12(15)13(8-11)17(18)19/h2-8H,1H3. The van der Waals surface area contributed by atoms with Crippen LogP contribution in [0.25, 0.3) is 0 Å². The second kappa shape index (κ2) is 7.00. The van der Waals surface area contributed by atoms with Crippen molar-refractivity contribution in [2.45, 2.75) is 9.79 Å². The van der Waals surface area contributed by atoms with E-state index in [0.717, 1.165) is 19.2 Å². The van der Waals surface area contributed by atoms with Gasteiger partial charge in [-0.3, -0.25) is 10.1 Å². The van der Waals surface area contributed by atoms with Crippen molar-refractivity contribution in [1.82, 2.24) is 3.71 Å². The van der Waals surface area contributed by atoms with E-state index in [1.54, 1.807) is 6.07 Å². The van der Waals surface area contributed by atoms with Gasteiger partial charge in [-0.05, 0) is 30.3 Å². The number of rotatable bonds is 5. The maximum absolute atomic E-state index is 12.6. The molecule has 12 heteroatoms. The number of nitro groups is 1. The second-order valence-corrected chi connectivity index (χ2v) is 10.2. The van der Waals surface area contributed by atoms with E-state index in [2.05, 4.69) is 15.9 Å². The maximum Gasteiger partial charge on any atom is 0.289 e. The predicted molar refractivity (Wildman–Crippen MR) is 94.4 cm³/mol. The Balaban J connectivity index is 2.56. The van der Waals surface area contributed by atoms with Gasteiger partial charge in [0.25, 0.3) is 25.7 Å². The first-order valence-corrected chi connectivity index (χ1v) is 10.5. The highest BCUT2D eigenvalue weighted by Gasteiger charge is 2.34. The van der Waals surface area contributed by atoms with E-state index in [1.807, 2.05) is 0 Å². The normalized spacial score (nSPS) is 12.3. The second-order valence-electron chi connectivity index (χ2n) is 4.72. The van der Waals surface area contributed by atoms with Crippen molar-refractivity contribution in [2.75, 3.05) is 7.05 Å². The Kier molecular flexibility index (Phi) is 5.54. The molecule has 0 aliphatic carbocycles. The van der Waals surface area contributed by atoms with Gasteiger partial charge in [0.05, 0.1) is 14.7 Å². The smallest absolute Gasteiger partial charge is 0.258 e. The molecule has 0 aromatic heterocycles. The first kappa shape index (κ1) is 19.8. The largest absolute Gasteiger partial charge is 0.289 e. The molecule has 2 rings (SSSR count). The first-order chi connectivity index (χ1) is 11.5. The van der Waals surface area contributed by atoms with Gasteiger partial charge >= 0.3 is 0 Å². The molecule has 0 spiro atoms. The molecule has 0 unspecified atom stereocenters. The quantitative estimate of drug-likeness (QED) is 0.491. The fraction of sp³-hybridized carbons (Fsp3) is 0.0769. The van der Waals surface area contributed by atoms with Crippen LogP contribution in [0.4, 0.5) is 5.69 Å². The average Bonchev–Trinajstić information content (AvgIpc) is 2.54. The van der Waals surface area contributed by atoms with Crippen molar-refractivity contribution in [3.8, 4) is 0 Å². The fourth-order valence-corrected chi connectivity index (χ4v) is 5.75. The van der Waals surface area contributed by atoms with Gasteiger partial charge < -0.3 is 0 Å². The van der Waals surface area contributed by atoms with Crippen LogP contribution in [0.5, 0.6) is 0 Å². The van der Waals surface area contributed by atoms with Crippen LogP contribution in [0.15, 0.2) is 56.7 Å². The van der Waals surface area contributed by atoms with Crippen molar-refractivity contribution in [1.29, 1.82) is 0 Å². The third kappa shape index (κ3) is 3.85. The van der Waals surface area contributed by atoms with Crippen LogP contribution in [-0.4, -0.2) is 32.5 Å². The Labute approximate surface area is 157 Å². The first-order valence-electron chi connectivity index (χ1n) is 6.41. The van der Waals surface area contributed by atoms with E-state index in [-0.39, 0.29) is 13.6 Å². The third-order valence-corrected chi connectivity index (χ3v) is 8.23. The lowest BCUT2D eigenvalue weighted by molar-refractivity contribution is -0.384. The summed E-state index contributed by atoms with van der Waals surface area (Å²) in [7, 11) is -8.11. The van der Waals surface area contributed by atoms with E-state index in [9.17, 15) is 26.9 Å². The van der Waals surface area contributed by atoms with Gasteiger partial charge in [-0.1, -0.05) is 37.3 Å². The van der Waals surface area contributed by atoms with E-state index in [1.165, 1.54) is 18.2 Å². The van der Waals surface area contributed by atoms with Crippen molar-refractivity contribution in [3.63, 3.8) is 0 Å². The van der Waals surface area contributed by atoms with Crippen LogP contribution >= 0.6 is 27.5 Å². The van der Waals surface area contributed by atoms with Crippen molar-refractivity contribution >= 4 is 53.3 Å². The van der Waals surface area contributed by atoms with Gasteiger partial charge in [0, 0.05) is 17.6 Å². The molecule has 0 bridgehead atoms. The van der Waals surface area contributed by atoms with Crippen LogP contribution in [-0.2, 0) is 20.0 Å². The van der Waals surface area contributed by atoms with Crippen LogP contribution in [0.2, 0.25) is 5.02 Å². The lowest BCUT2D eigenvalue weighted by atomic mass is 10.3. The lowest BCUT2D eigenvalue weighted by Gasteiger charge is -2.17. The molecule has 2 aromatic carbocycles. The number of benzene rings is 2. The van der Waals surface area contributed by atoms with E-state index in [0.29, 0.717) is 10.5 Å². The van der Waals surface area contributed by atoms with Crippen molar-refractivity contribution in [2.24, 2.45) is 0 Å². The molecule has 134 valence electrons. The maximum atomic E-state index is 12.6. The van der Waals surface area contributed by atoms with E-state index >= 15 is 0 Å². The molecule has 25 heavy (non-hydrogen) atoms. The van der Waals surface area contributed by atoms with Crippen LogP contribution in [0, 0.1) is 10.1 Å². The van der Waals surface area contributed by atoms with Crippen LogP contribution in [0.1, 0.15) is 0 Å². The molecule has 0 radical (unpaired) electrons. The summed E-state index contributed by atoms with van der Waals surface area (Å²) in [6.07, 6.45) is 0. The van der Waals surface area contributed by atoms with Crippen LogP contribution in [0.3, 0.4) is 0 Å². The monoisotopic (exact) mass is 468 g/mol. The van der Waals surface area contributed by atoms with Gasteiger partial charge in [0.2, 0.25) is 0 Å². The number of nitro benzene ring substituents is 1. The zero-order chi connectivity index (χ0) is 19.0. The number of nitrogens with zero attached hydrogens (tertiary/aromatic N) is 2. The van der Waals surface area contributed by atoms with Crippen molar-refractivity contribution in [3.05, 3.63) is 62.1 Å². The summed E-state index contributed by atoms with van der Waals surface area (Å²) >= 11 is 8.76. The molecule has 8 nitrogen and oxygen atoms in total. The Morgan fingerprint density at radius 2 is 1.60 bits per heavy atom. The molecule has 2 aromatic rings. The molecular formula is C13H10BrClN2O6S2. The average molecular weight is 470 g/mol. The molecule has 0 heterocycles. The predicted octanol–water partition coefficient (Wildman–Crippen LogP) is 3.02. The minimum Gasteiger partial charge on any atom is -0.258 e. The molecule has 0 saturated heterocycles. The summed E-state index contributed by atoms with van der Waals surface area (Å²) in [6, 6.07) is 8.22.